The summed E-state index contributed by atoms with van der Waals surface area (Å²) in [6, 6.07) is 5.56. The van der Waals surface area contributed by atoms with Crippen LogP contribution in [0, 0.1) is 17.0 Å². The van der Waals surface area contributed by atoms with Crippen LogP contribution in [0.4, 0.5) is 5.69 Å². The van der Waals surface area contributed by atoms with E-state index in [1.54, 1.807) is 13.0 Å². The average Bonchev–Trinajstić information content (AvgIpc) is 2.49. The van der Waals surface area contributed by atoms with Gasteiger partial charge in [0.2, 0.25) is 0 Å². The summed E-state index contributed by atoms with van der Waals surface area (Å²) in [6.45, 7) is 7.15. The molecule has 1 atom stereocenters. The Hall–Kier alpha value is -1.50. The standard InChI is InChI=1S/C17H25N3O3/c1-14-4-5-15(10-16(14)20(21)22)11-19-8-9-23-17(13-19)6-3-7-18(2)12-17/h4-5,10H,3,6-9,11-13H2,1-2H3/t17-/m1/s1. The number of hydrogen-bond donors (Lipinski definition) is 0. The number of nitro groups is 1. The van der Waals surface area contributed by atoms with Crippen LogP contribution >= 0.6 is 0 Å². The molecule has 2 saturated heterocycles. The molecule has 1 spiro atoms. The Morgan fingerprint density at radius 2 is 2.17 bits per heavy atom. The van der Waals surface area contributed by atoms with Gasteiger partial charge in [-0.1, -0.05) is 12.1 Å². The Labute approximate surface area is 137 Å². The van der Waals surface area contributed by atoms with E-state index >= 15 is 0 Å². The van der Waals surface area contributed by atoms with Gasteiger partial charge in [0.25, 0.3) is 5.69 Å². The summed E-state index contributed by atoms with van der Waals surface area (Å²) in [4.78, 5) is 15.5. The van der Waals surface area contributed by atoms with Gasteiger partial charge in [0.1, 0.15) is 0 Å². The summed E-state index contributed by atoms with van der Waals surface area (Å²) < 4.78 is 6.13. The highest BCUT2D eigenvalue weighted by Crippen LogP contribution is 2.29. The summed E-state index contributed by atoms with van der Waals surface area (Å²) in [7, 11) is 2.15. The van der Waals surface area contributed by atoms with Gasteiger partial charge in [0.15, 0.2) is 0 Å². The highest BCUT2D eigenvalue weighted by atomic mass is 16.6. The second kappa shape index (κ2) is 6.55. The van der Waals surface area contributed by atoms with Crippen molar-refractivity contribution in [2.45, 2.75) is 31.9 Å². The molecule has 0 radical (unpaired) electrons. The minimum absolute atomic E-state index is 0.0676. The molecular formula is C17H25N3O3. The van der Waals surface area contributed by atoms with Gasteiger partial charge in [-0.05, 0) is 38.9 Å². The molecule has 2 aliphatic heterocycles. The van der Waals surface area contributed by atoms with Gasteiger partial charge < -0.3 is 9.64 Å². The van der Waals surface area contributed by atoms with Crippen LogP contribution in [0.3, 0.4) is 0 Å². The summed E-state index contributed by atoms with van der Waals surface area (Å²) >= 11 is 0. The molecule has 0 saturated carbocycles. The lowest BCUT2D eigenvalue weighted by molar-refractivity contribution is -0.385. The molecular weight excluding hydrogens is 294 g/mol. The number of aryl methyl sites for hydroxylation is 1. The van der Waals surface area contributed by atoms with Gasteiger partial charge in [0, 0.05) is 37.8 Å². The van der Waals surface area contributed by atoms with Crippen molar-refractivity contribution in [3.8, 4) is 0 Å². The first-order valence-electron chi connectivity index (χ1n) is 8.26. The van der Waals surface area contributed by atoms with Gasteiger partial charge in [-0.2, -0.15) is 0 Å². The maximum absolute atomic E-state index is 11.1. The first-order chi connectivity index (χ1) is 11.0. The SMILES string of the molecule is Cc1ccc(CN2CCO[C@@]3(CCCN(C)C3)C2)cc1[N+](=O)[O-]. The Morgan fingerprint density at radius 1 is 1.35 bits per heavy atom. The van der Waals surface area contributed by atoms with Gasteiger partial charge in [0.05, 0.1) is 17.1 Å². The molecule has 0 N–H and O–H groups in total. The van der Waals surface area contributed by atoms with Crippen LogP contribution in [0.25, 0.3) is 0 Å². The van der Waals surface area contributed by atoms with E-state index in [0.29, 0.717) is 5.56 Å². The number of piperidine rings is 1. The molecule has 2 fully saturated rings. The fourth-order valence-corrected chi connectivity index (χ4v) is 3.83. The first kappa shape index (κ1) is 16.4. The van der Waals surface area contributed by atoms with Crippen LogP contribution < -0.4 is 0 Å². The fourth-order valence-electron chi connectivity index (χ4n) is 3.83. The maximum Gasteiger partial charge on any atom is 0.272 e. The molecule has 0 unspecified atom stereocenters. The second-order valence-corrected chi connectivity index (χ2v) is 6.96. The lowest BCUT2D eigenvalue weighted by Gasteiger charge is -2.47. The van der Waals surface area contributed by atoms with E-state index in [-0.39, 0.29) is 16.2 Å². The zero-order valence-corrected chi connectivity index (χ0v) is 14.0. The third-order valence-corrected chi connectivity index (χ3v) is 4.93. The van der Waals surface area contributed by atoms with Crippen molar-refractivity contribution in [1.82, 2.24) is 9.80 Å². The molecule has 0 amide bonds. The Kier molecular flexibility index (Phi) is 4.66. The van der Waals surface area contributed by atoms with Gasteiger partial charge in [-0.15, -0.1) is 0 Å². The Bertz CT molecular complexity index is 588. The Balaban J connectivity index is 1.70. The summed E-state index contributed by atoms with van der Waals surface area (Å²) in [5.41, 5.74) is 1.86. The molecule has 3 rings (SSSR count). The average molecular weight is 319 g/mol. The van der Waals surface area contributed by atoms with E-state index in [1.165, 1.54) is 6.42 Å². The number of likely N-dealkylation sites (N-methyl/N-ethyl adjacent to an activating group) is 1. The van der Waals surface area contributed by atoms with Gasteiger partial charge in [-0.25, -0.2) is 0 Å². The topological polar surface area (TPSA) is 58.8 Å². The number of benzene rings is 1. The summed E-state index contributed by atoms with van der Waals surface area (Å²) in [5.74, 6) is 0. The minimum atomic E-state index is -0.296. The van der Waals surface area contributed by atoms with Crippen LogP contribution in [0.5, 0.6) is 0 Å². The van der Waals surface area contributed by atoms with Crippen molar-refractivity contribution >= 4 is 5.69 Å². The summed E-state index contributed by atoms with van der Waals surface area (Å²) in [5, 5.41) is 11.1. The van der Waals surface area contributed by atoms with E-state index in [2.05, 4.69) is 16.8 Å². The van der Waals surface area contributed by atoms with Crippen LogP contribution in [0.15, 0.2) is 18.2 Å². The molecule has 2 aliphatic rings. The molecule has 0 aliphatic carbocycles. The number of rotatable bonds is 3. The predicted molar refractivity (Wildman–Crippen MR) is 88.5 cm³/mol. The van der Waals surface area contributed by atoms with Crippen LogP contribution in [-0.4, -0.2) is 60.2 Å². The molecule has 6 heteroatoms. The number of hydrogen-bond acceptors (Lipinski definition) is 5. The van der Waals surface area contributed by atoms with Crippen LogP contribution in [-0.2, 0) is 11.3 Å². The quantitative estimate of drug-likeness (QED) is 0.631. The van der Waals surface area contributed by atoms with Crippen molar-refractivity contribution in [2.75, 3.05) is 39.8 Å². The molecule has 1 aromatic rings. The van der Waals surface area contributed by atoms with Crippen molar-refractivity contribution in [3.05, 3.63) is 39.4 Å². The van der Waals surface area contributed by atoms with Gasteiger partial charge >= 0.3 is 0 Å². The number of morpholine rings is 1. The van der Waals surface area contributed by atoms with Crippen molar-refractivity contribution in [1.29, 1.82) is 0 Å². The zero-order chi connectivity index (χ0) is 16.4. The maximum atomic E-state index is 11.1. The highest BCUT2D eigenvalue weighted by Gasteiger charge is 2.39. The summed E-state index contributed by atoms with van der Waals surface area (Å²) in [6.07, 6.45) is 2.27. The third-order valence-electron chi connectivity index (χ3n) is 4.93. The van der Waals surface area contributed by atoms with E-state index in [1.807, 2.05) is 12.1 Å². The van der Waals surface area contributed by atoms with E-state index in [0.717, 1.165) is 51.3 Å². The van der Waals surface area contributed by atoms with Crippen molar-refractivity contribution < 1.29 is 9.66 Å². The molecule has 2 heterocycles. The highest BCUT2D eigenvalue weighted by molar-refractivity contribution is 5.42. The fraction of sp³-hybridized carbons (Fsp3) is 0.647. The van der Waals surface area contributed by atoms with Crippen LogP contribution in [0.2, 0.25) is 0 Å². The first-order valence-corrected chi connectivity index (χ1v) is 8.26. The molecule has 1 aromatic carbocycles. The van der Waals surface area contributed by atoms with E-state index in [9.17, 15) is 10.1 Å². The lowest BCUT2D eigenvalue weighted by Crippen LogP contribution is -2.58. The molecule has 0 aromatic heterocycles. The molecule has 23 heavy (non-hydrogen) atoms. The van der Waals surface area contributed by atoms with E-state index < -0.39 is 0 Å². The molecule has 126 valence electrons. The number of nitrogens with zero attached hydrogens (tertiary/aromatic N) is 3. The monoisotopic (exact) mass is 319 g/mol. The smallest absolute Gasteiger partial charge is 0.272 e. The normalized spacial score (nSPS) is 26.5. The zero-order valence-electron chi connectivity index (χ0n) is 14.0. The number of nitro benzene ring substituents is 1. The predicted octanol–water partition coefficient (Wildman–Crippen LogP) is 2.20. The molecule has 6 nitrogen and oxygen atoms in total. The number of likely N-dealkylation sites (tertiary alicyclic amines) is 1. The molecule has 0 bridgehead atoms. The lowest BCUT2D eigenvalue weighted by atomic mass is 9.91. The van der Waals surface area contributed by atoms with E-state index in [4.69, 9.17) is 4.74 Å². The third kappa shape index (κ3) is 3.71. The van der Waals surface area contributed by atoms with Gasteiger partial charge in [-0.3, -0.25) is 15.0 Å². The second-order valence-electron chi connectivity index (χ2n) is 6.96. The van der Waals surface area contributed by atoms with Crippen LogP contribution in [0.1, 0.15) is 24.0 Å². The van der Waals surface area contributed by atoms with Crippen molar-refractivity contribution in [3.63, 3.8) is 0 Å². The minimum Gasteiger partial charge on any atom is -0.371 e. The largest absolute Gasteiger partial charge is 0.371 e. The number of ether oxygens (including phenoxy) is 1. The Morgan fingerprint density at radius 3 is 2.91 bits per heavy atom. The van der Waals surface area contributed by atoms with Crippen molar-refractivity contribution in [2.24, 2.45) is 0 Å².